The molecule has 0 N–H and O–H groups in total. The number of hydrogen-bond acceptors (Lipinski definition) is 3. The molecule has 1 aliphatic rings. The van der Waals surface area contributed by atoms with E-state index in [0.717, 1.165) is 6.42 Å². The minimum absolute atomic E-state index is 0.117. The average Bonchev–Trinajstić information content (AvgIpc) is 2.32. The van der Waals surface area contributed by atoms with Gasteiger partial charge in [0.25, 0.3) is 0 Å². The zero-order valence-corrected chi connectivity index (χ0v) is 8.91. The van der Waals surface area contributed by atoms with Crippen molar-refractivity contribution in [2.24, 2.45) is 0 Å². The Hall–Kier alpha value is 0.675. The fraction of sp³-hybridized carbons (Fsp3) is 1.00. The molecule has 0 bridgehead atoms. The first-order chi connectivity index (χ1) is 5.27. The van der Waals surface area contributed by atoms with Crippen molar-refractivity contribution in [3.63, 3.8) is 0 Å². The van der Waals surface area contributed by atoms with Crippen molar-refractivity contribution < 1.29 is 12.5 Å². The predicted molar refractivity (Wildman–Crippen MR) is 52.6 cm³/mol. The van der Waals surface area contributed by atoms with Gasteiger partial charge in [-0.15, -0.1) is 0 Å². The van der Waals surface area contributed by atoms with E-state index in [1.165, 1.54) is 0 Å². The molecule has 0 saturated carbocycles. The number of rotatable bonds is 3. The molecule has 0 aliphatic carbocycles. The summed E-state index contributed by atoms with van der Waals surface area (Å²) in [5, 5.41) is 0. The fourth-order valence-electron chi connectivity index (χ4n) is 1.33. The van der Waals surface area contributed by atoms with Crippen LogP contribution in [0.1, 0.15) is 6.42 Å². The Morgan fingerprint density at radius 2 is 2.45 bits per heavy atom. The minimum Gasteiger partial charge on any atom is -0.382 e. The van der Waals surface area contributed by atoms with E-state index in [4.69, 9.17) is 12.5 Å². The van der Waals surface area contributed by atoms with Crippen molar-refractivity contribution in [3.8, 4) is 0 Å². The van der Waals surface area contributed by atoms with E-state index in [-0.39, 0.29) is 12.2 Å². The van der Waals surface area contributed by atoms with Crippen LogP contribution in [0.4, 0.5) is 0 Å². The highest BCUT2D eigenvalue weighted by Crippen LogP contribution is 2.23. The first-order valence-electron chi connectivity index (χ1n) is 3.69. The molecule has 1 aliphatic heterocycles. The van der Waals surface area contributed by atoms with Crippen molar-refractivity contribution in [2.45, 2.75) is 24.6 Å². The van der Waals surface area contributed by atoms with E-state index >= 15 is 0 Å². The van der Waals surface area contributed by atoms with Gasteiger partial charge in [0.05, 0.1) is 6.61 Å². The molecule has 0 aromatic rings. The molecule has 64 valence electrons. The maximum atomic E-state index is 5.55. The summed E-state index contributed by atoms with van der Waals surface area (Å²) in [5.74, 6) is 0. The third-order valence-electron chi connectivity index (χ3n) is 1.83. The van der Waals surface area contributed by atoms with Gasteiger partial charge in [-0.05, 0) is 6.42 Å². The van der Waals surface area contributed by atoms with E-state index in [2.05, 4.69) is 7.85 Å². The number of methoxy groups -OCH3 is 1. The van der Waals surface area contributed by atoms with Crippen LogP contribution in [0.15, 0.2) is 0 Å². The van der Waals surface area contributed by atoms with Gasteiger partial charge >= 0.3 is 0 Å². The second kappa shape index (κ2) is 4.64. The van der Waals surface area contributed by atoms with E-state index < -0.39 is 0 Å². The topological polar surface area (TPSA) is 27.7 Å². The van der Waals surface area contributed by atoms with Crippen molar-refractivity contribution >= 4 is 30.9 Å². The monoisotopic (exact) mass is 270 g/mol. The molecular formula is C6H12BIO3. The van der Waals surface area contributed by atoms with Crippen molar-refractivity contribution in [2.75, 3.05) is 13.7 Å². The molecular weight excluding hydrogens is 258 g/mol. The molecule has 1 rings (SSSR count). The summed E-state index contributed by atoms with van der Waals surface area (Å²) in [6, 6.07) is 0.301. The van der Waals surface area contributed by atoms with Crippen LogP contribution in [0.2, 0.25) is 0 Å². The molecule has 1 saturated heterocycles. The number of ether oxygens (including phenoxy) is 2. The second-order valence-corrected chi connectivity index (χ2v) is 3.31. The molecule has 1 fully saturated rings. The standard InChI is InChI=1S/C6H12BIO3/c1-9-3-5-4(11-8)2-6(7)10-5/h4-6H,2-3,7H2,1H3/t4?,5-,6-/m1/s1. The van der Waals surface area contributed by atoms with Crippen LogP contribution < -0.4 is 0 Å². The molecule has 0 radical (unpaired) electrons. The highest BCUT2D eigenvalue weighted by atomic mass is 127. The third kappa shape index (κ3) is 2.57. The van der Waals surface area contributed by atoms with Crippen molar-refractivity contribution in [3.05, 3.63) is 0 Å². The van der Waals surface area contributed by atoms with Gasteiger partial charge in [-0.1, -0.05) is 0 Å². The van der Waals surface area contributed by atoms with Gasteiger partial charge < -0.3 is 12.5 Å². The molecule has 1 heterocycles. The number of halogens is 1. The highest BCUT2D eigenvalue weighted by Gasteiger charge is 2.33. The van der Waals surface area contributed by atoms with Crippen LogP contribution in [-0.4, -0.2) is 39.8 Å². The average molecular weight is 270 g/mol. The summed E-state index contributed by atoms with van der Waals surface area (Å²) in [4.78, 5) is 0. The molecule has 11 heavy (non-hydrogen) atoms. The molecule has 0 spiro atoms. The van der Waals surface area contributed by atoms with Crippen LogP contribution in [0.25, 0.3) is 0 Å². The van der Waals surface area contributed by atoms with E-state index in [9.17, 15) is 0 Å². The second-order valence-electron chi connectivity index (χ2n) is 2.80. The van der Waals surface area contributed by atoms with Gasteiger partial charge in [0.1, 0.15) is 43.1 Å². The van der Waals surface area contributed by atoms with Gasteiger partial charge in [-0.3, -0.25) is 0 Å². The summed E-state index contributed by atoms with van der Waals surface area (Å²) in [7, 11) is 3.73. The van der Waals surface area contributed by atoms with Gasteiger partial charge in [-0.2, -0.15) is 0 Å². The van der Waals surface area contributed by atoms with Crippen molar-refractivity contribution in [1.82, 2.24) is 0 Å². The van der Waals surface area contributed by atoms with E-state index in [1.54, 1.807) is 7.11 Å². The first-order valence-corrected chi connectivity index (χ1v) is 4.57. The lowest BCUT2D eigenvalue weighted by Crippen LogP contribution is -2.26. The Morgan fingerprint density at radius 1 is 1.73 bits per heavy atom. The third-order valence-corrected chi connectivity index (χ3v) is 2.48. The summed E-state index contributed by atoms with van der Waals surface area (Å²) in [6.45, 7) is 0.623. The zero-order valence-electron chi connectivity index (χ0n) is 6.75. The minimum atomic E-state index is 0.117. The first kappa shape index (κ1) is 9.76. The van der Waals surface area contributed by atoms with Crippen LogP contribution in [0, 0.1) is 0 Å². The maximum absolute atomic E-state index is 5.55. The molecule has 3 atom stereocenters. The van der Waals surface area contributed by atoms with Crippen LogP contribution >= 0.6 is 23.0 Å². The van der Waals surface area contributed by atoms with E-state index in [0.29, 0.717) is 12.6 Å². The smallest absolute Gasteiger partial charge is 0.139 e. The zero-order chi connectivity index (χ0) is 8.27. The summed E-state index contributed by atoms with van der Waals surface area (Å²) < 4.78 is 15.8. The Balaban J connectivity index is 2.37. The Labute approximate surface area is 81.9 Å². The van der Waals surface area contributed by atoms with Gasteiger partial charge in [0.15, 0.2) is 0 Å². The lowest BCUT2D eigenvalue weighted by Gasteiger charge is -2.14. The van der Waals surface area contributed by atoms with Gasteiger partial charge in [-0.25, -0.2) is 0 Å². The molecule has 0 aromatic heterocycles. The van der Waals surface area contributed by atoms with Gasteiger partial charge in [0.2, 0.25) is 0 Å². The quantitative estimate of drug-likeness (QED) is 0.538. The molecule has 0 amide bonds. The summed E-state index contributed by atoms with van der Waals surface area (Å²) in [5.41, 5.74) is 0. The molecule has 3 nitrogen and oxygen atoms in total. The Morgan fingerprint density at radius 3 is 3.00 bits per heavy atom. The largest absolute Gasteiger partial charge is 0.382 e. The number of hydrogen-bond donors (Lipinski definition) is 0. The molecule has 5 heteroatoms. The highest BCUT2D eigenvalue weighted by molar-refractivity contribution is 14.1. The SMILES string of the molecule is B[C@H]1CC(OI)[C@@H](COC)O1. The Bertz CT molecular complexity index is 124. The van der Waals surface area contributed by atoms with Crippen LogP contribution in [0.5, 0.6) is 0 Å². The molecule has 0 aromatic carbocycles. The lowest BCUT2D eigenvalue weighted by molar-refractivity contribution is -0.00179. The van der Waals surface area contributed by atoms with Crippen LogP contribution in [0.3, 0.4) is 0 Å². The normalized spacial score (nSPS) is 37.8. The molecule has 1 unspecified atom stereocenters. The summed E-state index contributed by atoms with van der Waals surface area (Å²) >= 11 is 1.92. The summed E-state index contributed by atoms with van der Waals surface area (Å²) in [6.07, 6.45) is 1.29. The van der Waals surface area contributed by atoms with E-state index in [1.807, 2.05) is 23.0 Å². The maximum Gasteiger partial charge on any atom is 0.139 e. The fourth-order valence-corrected chi connectivity index (χ4v) is 1.86. The van der Waals surface area contributed by atoms with Crippen molar-refractivity contribution in [1.29, 1.82) is 0 Å². The predicted octanol–water partition coefficient (Wildman–Crippen LogP) is 0.116. The van der Waals surface area contributed by atoms with Crippen LogP contribution in [-0.2, 0) is 12.5 Å². The Kier molecular flexibility index (Phi) is 4.12. The van der Waals surface area contributed by atoms with Gasteiger partial charge in [0, 0.05) is 13.1 Å². The lowest BCUT2D eigenvalue weighted by atomic mass is 9.96.